The van der Waals surface area contributed by atoms with Crippen molar-refractivity contribution in [2.75, 3.05) is 5.32 Å². The molecule has 1 amide bonds. The van der Waals surface area contributed by atoms with Gasteiger partial charge in [0.1, 0.15) is 0 Å². The molecule has 1 aliphatic carbocycles. The van der Waals surface area contributed by atoms with E-state index < -0.39 is 5.91 Å². The van der Waals surface area contributed by atoms with Crippen LogP contribution < -0.4 is 16.8 Å². The van der Waals surface area contributed by atoms with E-state index in [1.54, 1.807) is 12.1 Å². The largest absolute Gasteiger partial charge is 0.378 e. The summed E-state index contributed by atoms with van der Waals surface area (Å²) < 4.78 is 0. The molecule has 0 fully saturated rings. The van der Waals surface area contributed by atoms with E-state index in [9.17, 15) is 4.79 Å². The highest BCUT2D eigenvalue weighted by atomic mass is 16.1. The van der Waals surface area contributed by atoms with Crippen LogP contribution in [-0.2, 0) is 0 Å². The average Bonchev–Trinajstić information content (AvgIpc) is 2.77. The van der Waals surface area contributed by atoms with E-state index in [0.717, 1.165) is 12.1 Å². The maximum Gasteiger partial charge on any atom is 0.248 e. The Morgan fingerprint density at radius 1 is 1.05 bits per heavy atom. The van der Waals surface area contributed by atoms with Crippen molar-refractivity contribution in [3.05, 3.63) is 65.2 Å². The van der Waals surface area contributed by atoms with Crippen LogP contribution >= 0.6 is 0 Å². The Hall–Kier alpha value is -2.33. The number of amides is 1. The summed E-state index contributed by atoms with van der Waals surface area (Å²) in [6.45, 7) is 0. The van der Waals surface area contributed by atoms with Crippen molar-refractivity contribution in [3.8, 4) is 0 Å². The van der Waals surface area contributed by atoms with Crippen LogP contribution in [0.1, 0.15) is 40.0 Å². The number of primary amides is 1. The molecule has 3 rings (SSSR count). The predicted molar refractivity (Wildman–Crippen MR) is 79.3 cm³/mol. The van der Waals surface area contributed by atoms with Crippen molar-refractivity contribution < 1.29 is 4.79 Å². The standard InChI is InChI=1S/C16H17N3O/c17-14-9-15(13-4-2-1-3-12(13)14)19-11-7-5-10(6-8-11)16(18)20/h1-8,14-15,19H,9,17H2,(H2,18,20). The topological polar surface area (TPSA) is 81.1 Å². The first-order valence-electron chi connectivity index (χ1n) is 6.66. The van der Waals surface area contributed by atoms with Crippen molar-refractivity contribution in [1.82, 2.24) is 0 Å². The minimum atomic E-state index is -0.412. The highest BCUT2D eigenvalue weighted by molar-refractivity contribution is 5.93. The highest BCUT2D eigenvalue weighted by Gasteiger charge is 2.27. The molecule has 0 aromatic heterocycles. The van der Waals surface area contributed by atoms with Crippen LogP contribution in [0.15, 0.2) is 48.5 Å². The number of hydrogen-bond acceptors (Lipinski definition) is 3. The van der Waals surface area contributed by atoms with Gasteiger partial charge in [-0.15, -0.1) is 0 Å². The van der Waals surface area contributed by atoms with Crippen molar-refractivity contribution >= 4 is 11.6 Å². The fourth-order valence-electron chi connectivity index (χ4n) is 2.74. The lowest BCUT2D eigenvalue weighted by Crippen LogP contribution is -2.12. The van der Waals surface area contributed by atoms with Crippen LogP contribution in [0.5, 0.6) is 0 Å². The zero-order chi connectivity index (χ0) is 14.1. The van der Waals surface area contributed by atoms with E-state index in [1.807, 2.05) is 24.3 Å². The summed E-state index contributed by atoms with van der Waals surface area (Å²) in [5.74, 6) is -0.412. The Morgan fingerprint density at radius 2 is 1.70 bits per heavy atom. The number of carbonyl (C=O) groups excluding carboxylic acids is 1. The maximum atomic E-state index is 11.0. The summed E-state index contributed by atoms with van der Waals surface area (Å²) in [6, 6.07) is 15.7. The van der Waals surface area contributed by atoms with E-state index >= 15 is 0 Å². The number of carbonyl (C=O) groups is 1. The zero-order valence-corrected chi connectivity index (χ0v) is 11.0. The van der Waals surface area contributed by atoms with Crippen LogP contribution in [0.3, 0.4) is 0 Å². The molecule has 2 aromatic rings. The summed E-state index contributed by atoms with van der Waals surface area (Å²) in [6.07, 6.45) is 0.872. The van der Waals surface area contributed by atoms with Crippen molar-refractivity contribution in [3.63, 3.8) is 0 Å². The molecule has 20 heavy (non-hydrogen) atoms. The molecule has 2 atom stereocenters. The quantitative estimate of drug-likeness (QED) is 0.798. The Kier molecular flexibility index (Phi) is 3.16. The van der Waals surface area contributed by atoms with Gasteiger partial charge >= 0.3 is 0 Å². The molecule has 102 valence electrons. The highest BCUT2D eigenvalue weighted by Crippen LogP contribution is 2.38. The van der Waals surface area contributed by atoms with Gasteiger partial charge in [-0.05, 0) is 41.8 Å². The van der Waals surface area contributed by atoms with Crippen LogP contribution in [0.25, 0.3) is 0 Å². The molecule has 0 heterocycles. The molecule has 1 aliphatic rings. The number of benzene rings is 2. The van der Waals surface area contributed by atoms with Gasteiger partial charge in [-0.25, -0.2) is 0 Å². The first-order valence-corrected chi connectivity index (χ1v) is 6.66. The lowest BCUT2D eigenvalue weighted by atomic mass is 10.1. The van der Waals surface area contributed by atoms with Crippen molar-refractivity contribution in [1.29, 1.82) is 0 Å². The van der Waals surface area contributed by atoms with Crippen LogP contribution in [0, 0.1) is 0 Å². The van der Waals surface area contributed by atoms with Crippen molar-refractivity contribution in [2.24, 2.45) is 11.5 Å². The van der Waals surface area contributed by atoms with E-state index in [4.69, 9.17) is 11.5 Å². The number of hydrogen-bond donors (Lipinski definition) is 3. The molecule has 0 radical (unpaired) electrons. The molecular formula is C16H17N3O. The molecule has 0 aliphatic heterocycles. The second-order valence-corrected chi connectivity index (χ2v) is 5.11. The second-order valence-electron chi connectivity index (χ2n) is 5.11. The third-order valence-electron chi connectivity index (χ3n) is 3.77. The van der Waals surface area contributed by atoms with Crippen LogP contribution in [0.4, 0.5) is 5.69 Å². The Bertz CT molecular complexity index is 636. The van der Waals surface area contributed by atoms with Crippen LogP contribution in [0.2, 0.25) is 0 Å². The van der Waals surface area contributed by atoms with Gasteiger partial charge in [-0.1, -0.05) is 24.3 Å². The van der Waals surface area contributed by atoms with Gasteiger partial charge in [0, 0.05) is 17.3 Å². The monoisotopic (exact) mass is 267 g/mol. The van der Waals surface area contributed by atoms with E-state index in [2.05, 4.69) is 17.4 Å². The maximum absolute atomic E-state index is 11.0. The first-order chi connectivity index (χ1) is 9.65. The number of rotatable bonds is 3. The molecule has 0 saturated heterocycles. The van der Waals surface area contributed by atoms with E-state index in [-0.39, 0.29) is 12.1 Å². The Balaban J connectivity index is 1.81. The Labute approximate surface area is 117 Å². The molecule has 4 nitrogen and oxygen atoms in total. The van der Waals surface area contributed by atoms with Crippen LogP contribution in [-0.4, -0.2) is 5.91 Å². The first kappa shape index (κ1) is 12.7. The molecular weight excluding hydrogens is 250 g/mol. The number of anilines is 1. The zero-order valence-electron chi connectivity index (χ0n) is 11.0. The fourth-order valence-corrected chi connectivity index (χ4v) is 2.74. The third-order valence-corrected chi connectivity index (χ3v) is 3.77. The average molecular weight is 267 g/mol. The lowest BCUT2D eigenvalue weighted by Gasteiger charge is -2.15. The van der Waals surface area contributed by atoms with Gasteiger partial charge in [0.15, 0.2) is 0 Å². The van der Waals surface area contributed by atoms with E-state index in [0.29, 0.717) is 5.56 Å². The molecule has 0 spiro atoms. The summed E-state index contributed by atoms with van der Waals surface area (Å²) in [7, 11) is 0. The van der Waals surface area contributed by atoms with Gasteiger partial charge in [0.05, 0.1) is 6.04 Å². The summed E-state index contributed by atoms with van der Waals surface area (Å²) in [4.78, 5) is 11.0. The van der Waals surface area contributed by atoms with Gasteiger partial charge in [0.2, 0.25) is 5.91 Å². The normalized spacial score (nSPS) is 20.4. The van der Waals surface area contributed by atoms with Crippen molar-refractivity contribution in [2.45, 2.75) is 18.5 Å². The second kappa shape index (κ2) is 4.98. The summed E-state index contributed by atoms with van der Waals surface area (Å²) in [5, 5.41) is 3.46. The number of nitrogens with two attached hydrogens (primary N) is 2. The third kappa shape index (κ3) is 2.26. The fraction of sp³-hybridized carbons (Fsp3) is 0.188. The molecule has 5 N–H and O–H groups in total. The Morgan fingerprint density at radius 3 is 2.35 bits per heavy atom. The SMILES string of the molecule is NC(=O)c1ccc(NC2CC(N)c3ccccc32)cc1. The molecule has 2 aromatic carbocycles. The minimum absolute atomic E-state index is 0.0774. The molecule has 2 unspecified atom stereocenters. The number of fused-ring (bicyclic) bond motifs is 1. The van der Waals surface area contributed by atoms with Gasteiger partial charge in [-0.2, -0.15) is 0 Å². The molecule has 0 bridgehead atoms. The van der Waals surface area contributed by atoms with Gasteiger partial charge in [-0.3, -0.25) is 4.79 Å². The van der Waals surface area contributed by atoms with Gasteiger partial charge in [0.25, 0.3) is 0 Å². The minimum Gasteiger partial charge on any atom is -0.378 e. The summed E-state index contributed by atoms with van der Waals surface area (Å²) >= 11 is 0. The van der Waals surface area contributed by atoms with Gasteiger partial charge < -0.3 is 16.8 Å². The summed E-state index contributed by atoms with van der Waals surface area (Å²) in [5.41, 5.74) is 15.3. The molecule has 4 heteroatoms. The predicted octanol–water partition coefficient (Wildman–Crippen LogP) is 2.34. The smallest absolute Gasteiger partial charge is 0.248 e. The molecule has 0 saturated carbocycles. The lowest BCUT2D eigenvalue weighted by molar-refractivity contribution is 0.100. The van der Waals surface area contributed by atoms with E-state index in [1.165, 1.54) is 11.1 Å². The number of nitrogens with one attached hydrogen (secondary N) is 1.